The summed E-state index contributed by atoms with van der Waals surface area (Å²) in [6.45, 7) is 4.35. The molecule has 0 bridgehead atoms. The van der Waals surface area contributed by atoms with Gasteiger partial charge in [0.15, 0.2) is 0 Å². The molecular formula is C15H19N3O3S. The molecule has 0 aliphatic carbocycles. The van der Waals surface area contributed by atoms with Gasteiger partial charge in [-0.3, -0.25) is 4.98 Å². The highest BCUT2D eigenvalue weighted by atomic mass is 32.1. The van der Waals surface area contributed by atoms with Crippen molar-refractivity contribution in [3.63, 3.8) is 0 Å². The van der Waals surface area contributed by atoms with E-state index in [0.717, 1.165) is 18.1 Å². The largest absolute Gasteiger partial charge is 0.477 e. The first kappa shape index (κ1) is 16.5. The van der Waals surface area contributed by atoms with Gasteiger partial charge in [-0.05, 0) is 18.7 Å². The van der Waals surface area contributed by atoms with E-state index in [-0.39, 0.29) is 11.5 Å². The molecule has 0 spiro atoms. The average molecular weight is 321 g/mol. The average Bonchev–Trinajstić information content (AvgIpc) is 2.97. The zero-order valence-electron chi connectivity index (χ0n) is 12.4. The number of hydrogen-bond donors (Lipinski definition) is 2. The van der Waals surface area contributed by atoms with Crippen molar-refractivity contribution in [1.29, 1.82) is 0 Å². The van der Waals surface area contributed by atoms with E-state index in [4.69, 9.17) is 5.11 Å². The molecule has 2 rings (SSSR count). The van der Waals surface area contributed by atoms with Gasteiger partial charge in [-0.25, -0.2) is 9.78 Å². The van der Waals surface area contributed by atoms with Crippen molar-refractivity contribution >= 4 is 17.3 Å². The van der Waals surface area contributed by atoms with Crippen molar-refractivity contribution in [2.75, 3.05) is 26.2 Å². The first-order chi connectivity index (χ1) is 10.7. The van der Waals surface area contributed by atoms with Crippen LogP contribution in [-0.4, -0.2) is 57.3 Å². The van der Waals surface area contributed by atoms with E-state index in [0.29, 0.717) is 24.2 Å². The summed E-state index contributed by atoms with van der Waals surface area (Å²) >= 11 is 1.21. The Kier molecular flexibility index (Phi) is 6.00. The van der Waals surface area contributed by atoms with Gasteiger partial charge < -0.3 is 15.1 Å². The predicted molar refractivity (Wildman–Crippen MR) is 85.2 cm³/mol. The maximum absolute atomic E-state index is 11.4. The summed E-state index contributed by atoms with van der Waals surface area (Å²) in [5.74, 6) is -0.967. The molecule has 0 aliphatic rings. The lowest BCUT2D eigenvalue weighted by molar-refractivity contribution is 0.0702. The monoisotopic (exact) mass is 321 g/mol. The Balaban J connectivity index is 2.19. The van der Waals surface area contributed by atoms with Crippen molar-refractivity contribution in [2.45, 2.75) is 13.3 Å². The molecule has 0 atom stereocenters. The Morgan fingerprint density at radius 2 is 2.23 bits per heavy atom. The summed E-state index contributed by atoms with van der Waals surface area (Å²) in [5.41, 5.74) is 1.19. The molecule has 2 N–H and O–H groups in total. The summed E-state index contributed by atoms with van der Waals surface area (Å²) in [6.07, 6.45) is 3.93. The van der Waals surface area contributed by atoms with Crippen LogP contribution < -0.4 is 0 Å². The number of likely N-dealkylation sites (N-methyl/N-ethyl adjacent to an activating group) is 1. The van der Waals surface area contributed by atoms with Crippen LogP contribution in [-0.2, 0) is 6.42 Å². The first-order valence-corrected chi connectivity index (χ1v) is 7.94. The molecule has 0 saturated heterocycles. The van der Waals surface area contributed by atoms with Gasteiger partial charge in [0.2, 0.25) is 0 Å². The topological polar surface area (TPSA) is 86.5 Å². The van der Waals surface area contributed by atoms with Crippen molar-refractivity contribution in [2.24, 2.45) is 0 Å². The van der Waals surface area contributed by atoms with Crippen LogP contribution in [0.25, 0.3) is 11.3 Å². The highest BCUT2D eigenvalue weighted by Gasteiger charge is 2.19. The standard InChI is InChI=1S/C15H19N3O3S/c1-2-18(8-9-19)7-5-12-17-13(14(22-12)15(20)21)11-4-3-6-16-10-11/h3-4,6,10,19H,2,5,7-9H2,1H3,(H,20,21). The zero-order chi connectivity index (χ0) is 15.9. The molecule has 2 aromatic rings. The molecular weight excluding hydrogens is 302 g/mol. The molecule has 22 heavy (non-hydrogen) atoms. The van der Waals surface area contributed by atoms with Crippen LogP contribution in [0.5, 0.6) is 0 Å². The molecule has 6 nitrogen and oxygen atoms in total. The van der Waals surface area contributed by atoms with E-state index >= 15 is 0 Å². The minimum atomic E-state index is -0.967. The molecule has 0 unspecified atom stereocenters. The summed E-state index contributed by atoms with van der Waals surface area (Å²) in [7, 11) is 0. The highest BCUT2D eigenvalue weighted by molar-refractivity contribution is 7.14. The zero-order valence-corrected chi connectivity index (χ0v) is 13.2. The van der Waals surface area contributed by atoms with Crippen LogP contribution in [0, 0.1) is 0 Å². The van der Waals surface area contributed by atoms with E-state index in [2.05, 4.69) is 14.9 Å². The number of pyridine rings is 1. The van der Waals surface area contributed by atoms with Crippen molar-refractivity contribution in [3.05, 3.63) is 34.4 Å². The Morgan fingerprint density at radius 3 is 2.82 bits per heavy atom. The number of aromatic nitrogens is 2. The van der Waals surface area contributed by atoms with E-state index in [9.17, 15) is 9.90 Å². The number of nitrogens with zero attached hydrogens (tertiary/aromatic N) is 3. The number of aliphatic hydroxyl groups excluding tert-OH is 1. The third-order valence-electron chi connectivity index (χ3n) is 3.31. The second kappa shape index (κ2) is 7.98. The number of aliphatic hydroxyl groups is 1. The van der Waals surface area contributed by atoms with Gasteiger partial charge in [-0.1, -0.05) is 6.92 Å². The van der Waals surface area contributed by atoms with Crippen molar-refractivity contribution < 1.29 is 15.0 Å². The minimum absolute atomic E-state index is 0.118. The molecule has 0 amide bonds. The molecule has 0 aromatic carbocycles. The van der Waals surface area contributed by atoms with Crippen LogP contribution in [0.4, 0.5) is 0 Å². The molecule has 2 heterocycles. The quantitative estimate of drug-likeness (QED) is 0.770. The van der Waals surface area contributed by atoms with Gasteiger partial charge in [0.05, 0.1) is 17.3 Å². The number of hydrogen-bond acceptors (Lipinski definition) is 6. The fourth-order valence-corrected chi connectivity index (χ4v) is 3.05. The van der Waals surface area contributed by atoms with E-state index < -0.39 is 5.97 Å². The lowest BCUT2D eigenvalue weighted by Crippen LogP contribution is -2.28. The van der Waals surface area contributed by atoms with Gasteiger partial charge in [0.25, 0.3) is 0 Å². The summed E-state index contributed by atoms with van der Waals surface area (Å²) in [4.78, 5) is 22.3. The third kappa shape index (κ3) is 4.09. The minimum Gasteiger partial charge on any atom is -0.477 e. The lowest BCUT2D eigenvalue weighted by Gasteiger charge is -2.17. The summed E-state index contributed by atoms with van der Waals surface area (Å²) in [5, 5.41) is 19.1. The van der Waals surface area contributed by atoms with Crippen LogP contribution in [0.15, 0.2) is 24.5 Å². The fourth-order valence-electron chi connectivity index (χ4n) is 2.14. The lowest BCUT2D eigenvalue weighted by atomic mass is 10.2. The predicted octanol–water partition coefficient (Wildman–Crippen LogP) is 1.76. The van der Waals surface area contributed by atoms with Gasteiger partial charge in [0, 0.05) is 37.5 Å². The number of rotatable bonds is 8. The van der Waals surface area contributed by atoms with E-state index in [1.54, 1.807) is 18.5 Å². The van der Waals surface area contributed by atoms with Crippen LogP contribution in [0.2, 0.25) is 0 Å². The third-order valence-corrected chi connectivity index (χ3v) is 4.41. The number of carboxylic acid groups (broad SMARTS) is 1. The Hall–Kier alpha value is -1.83. The molecule has 7 heteroatoms. The van der Waals surface area contributed by atoms with Crippen LogP contribution in [0.1, 0.15) is 21.6 Å². The summed E-state index contributed by atoms with van der Waals surface area (Å²) < 4.78 is 0. The van der Waals surface area contributed by atoms with Crippen LogP contribution >= 0.6 is 11.3 Å². The van der Waals surface area contributed by atoms with E-state index in [1.165, 1.54) is 11.3 Å². The Labute approximate surface area is 133 Å². The smallest absolute Gasteiger partial charge is 0.348 e. The maximum Gasteiger partial charge on any atom is 0.348 e. The molecule has 2 aromatic heterocycles. The number of aromatic carboxylic acids is 1. The van der Waals surface area contributed by atoms with Gasteiger partial charge in [-0.2, -0.15) is 0 Å². The fraction of sp³-hybridized carbons (Fsp3) is 0.400. The normalized spacial score (nSPS) is 11.0. The van der Waals surface area contributed by atoms with E-state index in [1.807, 2.05) is 13.0 Å². The number of thiazole rings is 1. The van der Waals surface area contributed by atoms with Crippen LogP contribution in [0.3, 0.4) is 0 Å². The summed E-state index contributed by atoms with van der Waals surface area (Å²) in [6, 6.07) is 3.57. The molecule has 0 fully saturated rings. The first-order valence-electron chi connectivity index (χ1n) is 7.12. The molecule has 118 valence electrons. The maximum atomic E-state index is 11.4. The van der Waals surface area contributed by atoms with Gasteiger partial charge in [0.1, 0.15) is 4.88 Å². The molecule has 0 saturated carbocycles. The SMILES string of the molecule is CCN(CCO)CCc1nc(-c2cccnc2)c(C(=O)O)s1. The van der Waals surface area contributed by atoms with Crippen molar-refractivity contribution in [1.82, 2.24) is 14.9 Å². The Bertz CT molecular complexity index is 616. The Morgan fingerprint density at radius 1 is 1.41 bits per heavy atom. The van der Waals surface area contributed by atoms with Gasteiger partial charge in [-0.15, -0.1) is 11.3 Å². The molecule has 0 radical (unpaired) electrons. The second-order valence-corrected chi connectivity index (χ2v) is 5.82. The second-order valence-electron chi connectivity index (χ2n) is 4.74. The molecule has 0 aliphatic heterocycles. The highest BCUT2D eigenvalue weighted by Crippen LogP contribution is 2.28. The van der Waals surface area contributed by atoms with Gasteiger partial charge >= 0.3 is 5.97 Å². The number of carbonyl (C=O) groups is 1. The van der Waals surface area contributed by atoms with Crippen molar-refractivity contribution in [3.8, 4) is 11.3 Å². The number of carboxylic acids is 1.